The second-order valence-corrected chi connectivity index (χ2v) is 5.71. The third-order valence-corrected chi connectivity index (χ3v) is 3.73. The van der Waals surface area contributed by atoms with Gasteiger partial charge >= 0.3 is 0 Å². The minimum atomic E-state index is 0.476. The summed E-state index contributed by atoms with van der Waals surface area (Å²) >= 11 is 0. The monoisotopic (exact) mass is 275 g/mol. The largest absolute Gasteiger partial charge is 0.466 e. The van der Waals surface area contributed by atoms with Crippen LogP contribution >= 0.6 is 0 Å². The fraction of sp³-hybridized carbons (Fsp3) is 0.562. The fourth-order valence-electron chi connectivity index (χ4n) is 2.31. The topological polar surface area (TPSA) is 34.2 Å². The van der Waals surface area contributed by atoms with Crippen LogP contribution in [0.5, 0.6) is 0 Å². The lowest BCUT2D eigenvalue weighted by Crippen LogP contribution is -2.23. The Kier molecular flexibility index (Phi) is 5.01. The third kappa shape index (κ3) is 4.23. The van der Waals surface area contributed by atoms with Crippen molar-refractivity contribution in [1.82, 2.24) is 14.7 Å². The van der Waals surface area contributed by atoms with Crippen molar-refractivity contribution in [1.29, 1.82) is 0 Å². The van der Waals surface area contributed by atoms with Crippen LogP contribution in [0.4, 0.5) is 0 Å². The average molecular weight is 275 g/mol. The molecule has 0 aliphatic heterocycles. The van der Waals surface area contributed by atoms with Crippen LogP contribution in [0.1, 0.15) is 36.3 Å². The molecule has 0 bridgehead atoms. The van der Waals surface area contributed by atoms with E-state index >= 15 is 0 Å². The van der Waals surface area contributed by atoms with Crippen LogP contribution in [0, 0.1) is 6.92 Å². The molecule has 0 spiro atoms. The van der Waals surface area contributed by atoms with Gasteiger partial charge in [0, 0.05) is 25.7 Å². The molecule has 20 heavy (non-hydrogen) atoms. The summed E-state index contributed by atoms with van der Waals surface area (Å²) in [4.78, 5) is 2.37. The number of hydrogen-bond acceptors (Lipinski definition) is 3. The lowest BCUT2D eigenvalue weighted by Gasteiger charge is -2.18. The molecule has 0 radical (unpaired) electrons. The quantitative estimate of drug-likeness (QED) is 0.779. The van der Waals surface area contributed by atoms with Crippen molar-refractivity contribution in [3.63, 3.8) is 0 Å². The molecule has 1 unspecified atom stereocenters. The van der Waals surface area contributed by atoms with E-state index in [1.54, 1.807) is 0 Å². The molecule has 2 heterocycles. The van der Waals surface area contributed by atoms with Gasteiger partial charge in [0.1, 0.15) is 11.5 Å². The lowest BCUT2D eigenvalue weighted by molar-refractivity contribution is 0.315. The number of hydrogen-bond donors (Lipinski definition) is 0. The van der Waals surface area contributed by atoms with E-state index in [0.29, 0.717) is 5.92 Å². The molecule has 0 saturated carbocycles. The van der Waals surface area contributed by atoms with Gasteiger partial charge in [0.15, 0.2) is 0 Å². The van der Waals surface area contributed by atoms with Crippen molar-refractivity contribution in [2.45, 2.75) is 32.6 Å². The average Bonchev–Trinajstić information content (AvgIpc) is 3.02. The molecule has 1 atom stereocenters. The second-order valence-electron chi connectivity index (χ2n) is 5.71. The van der Waals surface area contributed by atoms with Crippen molar-refractivity contribution < 1.29 is 4.42 Å². The number of nitrogens with zero attached hydrogens (tertiary/aromatic N) is 3. The Morgan fingerprint density at radius 2 is 2.15 bits per heavy atom. The first kappa shape index (κ1) is 14.9. The van der Waals surface area contributed by atoms with E-state index in [-0.39, 0.29) is 0 Å². The summed E-state index contributed by atoms with van der Waals surface area (Å²) in [6.45, 7) is 6.38. The van der Waals surface area contributed by atoms with E-state index in [9.17, 15) is 0 Å². The molecule has 0 N–H and O–H groups in total. The Bertz CT molecular complexity index is 529. The standard InChI is InChI=1S/C16H25N3O/c1-13(16-6-5-14(2)20-16)7-9-18(3)10-8-15-11-17-19(4)12-15/h5-6,11-13H,7-10H2,1-4H3. The fourth-order valence-corrected chi connectivity index (χ4v) is 2.31. The molecule has 0 aliphatic rings. The molecule has 0 aliphatic carbocycles. The second kappa shape index (κ2) is 6.75. The zero-order valence-corrected chi connectivity index (χ0v) is 13.0. The van der Waals surface area contributed by atoms with Crippen LogP contribution < -0.4 is 0 Å². The van der Waals surface area contributed by atoms with Gasteiger partial charge in [-0.2, -0.15) is 5.10 Å². The molecular weight excluding hydrogens is 250 g/mol. The number of furan rings is 1. The summed E-state index contributed by atoms with van der Waals surface area (Å²) in [7, 11) is 4.14. The minimum Gasteiger partial charge on any atom is -0.466 e. The van der Waals surface area contributed by atoms with Crippen LogP contribution in [-0.4, -0.2) is 34.8 Å². The number of aryl methyl sites for hydroxylation is 2. The first-order chi connectivity index (χ1) is 9.54. The summed E-state index contributed by atoms with van der Waals surface area (Å²) in [6, 6.07) is 4.13. The maximum absolute atomic E-state index is 5.68. The Hall–Kier alpha value is -1.55. The summed E-state index contributed by atoms with van der Waals surface area (Å²) in [5, 5.41) is 4.20. The summed E-state index contributed by atoms with van der Waals surface area (Å²) in [5.74, 6) is 2.57. The molecule has 2 aromatic rings. The highest BCUT2D eigenvalue weighted by Gasteiger charge is 2.10. The highest BCUT2D eigenvalue weighted by molar-refractivity contribution is 5.09. The van der Waals surface area contributed by atoms with E-state index in [1.165, 1.54) is 5.56 Å². The number of likely N-dealkylation sites (N-methyl/N-ethyl adjacent to an activating group) is 1. The van der Waals surface area contributed by atoms with Crippen molar-refractivity contribution in [3.05, 3.63) is 41.6 Å². The smallest absolute Gasteiger partial charge is 0.107 e. The van der Waals surface area contributed by atoms with E-state index in [2.05, 4.69) is 36.2 Å². The summed E-state index contributed by atoms with van der Waals surface area (Å²) in [5.41, 5.74) is 1.30. The number of aromatic nitrogens is 2. The highest BCUT2D eigenvalue weighted by atomic mass is 16.3. The minimum absolute atomic E-state index is 0.476. The van der Waals surface area contributed by atoms with E-state index < -0.39 is 0 Å². The Morgan fingerprint density at radius 3 is 2.75 bits per heavy atom. The number of rotatable bonds is 7. The van der Waals surface area contributed by atoms with Gasteiger partial charge in [-0.05, 0) is 51.1 Å². The first-order valence-corrected chi connectivity index (χ1v) is 7.27. The van der Waals surface area contributed by atoms with Gasteiger partial charge in [-0.15, -0.1) is 0 Å². The zero-order valence-electron chi connectivity index (χ0n) is 13.0. The highest BCUT2D eigenvalue weighted by Crippen LogP contribution is 2.21. The molecule has 0 fully saturated rings. The molecule has 2 aromatic heterocycles. The van der Waals surface area contributed by atoms with Crippen molar-refractivity contribution in [2.75, 3.05) is 20.1 Å². The summed E-state index contributed by atoms with van der Waals surface area (Å²) in [6.07, 6.45) is 6.21. The van der Waals surface area contributed by atoms with Crippen LogP contribution in [0.2, 0.25) is 0 Å². The zero-order chi connectivity index (χ0) is 14.5. The van der Waals surface area contributed by atoms with Crippen LogP contribution in [0.15, 0.2) is 28.9 Å². The molecule has 4 heteroatoms. The van der Waals surface area contributed by atoms with Gasteiger partial charge < -0.3 is 9.32 Å². The van der Waals surface area contributed by atoms with Crippen molar-refractivity contribution in [3.8, 4) is 0 Å². The molecule has 0 amide bonds. The predicted octanol–water partition coefficient (Wildman–Crippen LogP) is 2.99. The molecule has 4 nitrogen and oxygen atoms in total. The maximum atomic E-state index is 5.68. The maximum Gasteiger partial charge on any atom is 0.107 e. The Labute approximate surface area is 121 Å². The third-order valence-electron chi connectivity index (χ3n) is 3.73. The Balaban J connectivity index is 1.70. The van der Waals surface area contributed by atoms with Crippen molar-refractivity contribution >= 4 is 0 Å². The van der Waals surface area contributed by atoms with Crippen LogP contribution in [0.3, 0.4) is 0 Å². The Morgan fingerprint density at radius 1 is 1.35 bits per heavy atom. The molecule has 0 saturated heterocycles. The lowest BCUT2D eigenvalue weighted by atomic mass is 10.1. The van der Waals surface area contributed by atoms with Gasteiger partial charge in [-0.1, -0.05) is 6.92 Å². The van der Waals surface area contributed by atoms with Gasteiger partial charge in [0.25, 0.3) is 0 Å². The van der Waals surface area contributed by atoms with E-state index in [1.807, 2.05) is 30.9 Å². The molecular formula is C16H25N3O. The van der Waals surface area contributed by atoms with Gasteiger partial charge in [0.2, 0.25) is 0 Å². The van der Waals surface area contributed by atoms with Gasteiger partial charge in [-0.25, -0.2) is 0 Å². The predicted molar refractivity (Wildman–Crippen MR) is 80.9 cm³/mol. The first-order valence-electron chi connectivity index (χ1n) is 7.27. The normalized spacial score (nSPS) is 13.1. The van der Waals surface area contributed by atoms with E-state index in [0.717, 1.165) is 37.5 Å². The van der Waals surface area contributed by atoms with Crippen LogP contribution in [-0.2, 0) is 13.5 Å². The van der Waals surface area contributed by atoms with Crippen LogP contribution in [0.25, 0.3) is 0 Å². The van der Waals surface area contributed by atoms with Crippen molar-refractivity contribution in [2.24, 2.45) is 7.05 Å². The molecule has 110 valence electrons. The SMILES string of the molecule is Cc1ccc(C(C)CCN(C)CCc2cnn(C)c2)o1. The van der Waals surface area contributed by atoms with Gasteiger partial charge in [-0.3, -0.25) is 4.68 Å². The molecule has 2 rings (SSSR count). The van der Waals surface area contributed by atoms with E-state index in [4.69, 9.17) is 4.42 Å². The molecule has 0 aromatic carbocycles. The summed E-state index contributed by atoms with van der Waals surface area (Å²) < 4.78 is 7.54. The van der Waals surface area contributed by atoms with Gasteiger partial charge in [0.05, 0.1) is 6.20 Å².